The van der Waals surface area contributed by atoms with Gasteiger partial charge in [0.25, 0.3) is 0 Å². The highest BCUT2D eigenvalue weighted by molar-refractivity contribution is 5.90. The van der Waals surface area contributed by atoms with Crippen LogP contribution in [-0.4, -0.2) is 22.5 Å². The molecule has 5 heteroatoms. The number of carbonyl (C=O) groups is 1. The first-order valence-corrected chi connectivity index (χ1v) is 7.30. The molecule has 0 aliphatic carbocycles. The van der Waals surface area contributed by atoms with Gasteiger partial charge in [-0.15, -0.1) is 0 Å². The van der Waals surface area contributed by atoms with E-state index in [0.717, 1.165) is 0 Å². The first kappa shape index (κ1) is 16.1. The predicted octanol–water partition coefficient (Wildman–Crippen LogP) is 3.66. The van der Waals surface area contributed by atoms with Crippen LogP contribution in [0.2, 0.25) is 0 Å². The topological polar surface area (TPSA) is 52.1 Å². The summed E-state index contributed by atoms with van der Waals surface area (Å²) in [5, 5.41) is 0. The summed E-state index contributed by atoms with van der Waals surface area (Å²) in [7, 11) is 0. The second kappa shape index (κ2) is 7.11. The molecule has 0 amide bonds. The monoisotopic (exact) mass is 302 g/mol. The SMILES string of the molecule is CCOC(=O)c1cnc(-c2cccc(F)c2)nc1CC(C)C. The average Bonchev–Trinajstić information content (AvgIpc) is 2.46. The number of esters is 1. The number of ether oxygens (including phenoxy) is 1. The van der Waals surface area contributed by atoms with E-state index in [-0.39, 0.29) is 5.82 Å². The van der Waals surface area contributed by atoms with Crippen LogP contribution in [0.1, 0.15) is 36.8 Å². The molecule has 2 rings (SSSR count). The normalized spacial score (nSPS) is 10.8. The predicted molar refractivity (Wildman–Crippen MR) is 81.9 cm³/mol. The summed E-state index contributed by atoms with van der Waals surface area (Å²) in [5.41, 5.74) is 1.58. The van der Waals surface area contributed by atoms with Gasteiger partial charge in [0.15, 0.2) is 5.82 Å². The van der Waals surface area contributed by atoms with Gasteiger partial charge in [0.05, 0.1) is 17.9 Å². The zero-order chi connectivity index (χ0) is 16.1. The lowest BCUT2D eigenvalue weighted by atomic mass is 10.0. The highest BCUT2D eigenvalue weighted by Crippen LogP contribution is 2.20. The van der Waals surface area contributed by atoms with Crippen LogP contribution < -0.4 is 0 Å². The molecule has 0 aliphatic rings. The van der Waals surface area contributed by atoms with Gasteiger partial charge in [0.2, 0.25) is 0 Å². The summed E-state index contributed by atoms with van der Waals surface area (Å²) in [5.74, 6) is -0.0449. The maximum absolute atomic E-state index is 13.3. The molecule has 1 aromatic heterocycles. The largest absolute Gasteiger partial charge is 0.462 e. The molecule has 0 N–H and O–H groups in total. The molecule has 0 radical (unpaired) electrons. The molecule has 0 unspecified atom stereocenters. The molecular formula is C17H19FN2O2. The lowest BCUT2D eigenvalue weighted by molar-refractivity contribution is 0.0524. The quantitative estimate of drug-likeness (QED) is 0.791. The van der Waals surface area contributed by atoms with Gasteiger partial charge in [-0.2, -0.15) is 0 Å². The molecule has 1 heterocycles. The maximum Gasteiger partial charge on any atom is 0.341 e. The Labute approximate surface area is 129 Å². The third-order valence-electron chi connectivity index (χ3n) is 3.05. The number of benzene rings is 1. The molecule has 22 heavy (non-hydrogen) atoms. The van der Waals surface area contributed by atoms with Crippen molar-refractivity contribution in [3.05, 3.63) is 47.5 Å². The van der Waals surface area contributed by atoms with Gasteiger partial charge < -0.3 is 4.74 Å². The van der Waals surface area contributed by atoms with Gasteiger partial charge in [-0.3, -0.25) is 0 Å². The molecule has 2 aromatic rings. The molecule has 0 aliphatic heterocycles. The molecule has 116 valence electrons. The van der Waals surface area contributed by atoms with E-state index >= 15 is 0 Å². The van der Waals surface area contributed by atoms with Gasteiger partial charge in [-0.05, 0) is 31.4 Å². The Kier molecular flexibility index (Phi) is 5.20. The number of hydrogen-bond donors (Lipinski definition) is 0. The van der Waals surface area contributed by atoms with E-state index in [1.807, 2.05) is 13.8 Å². The van der Waals surface area contributed by atoms with Crippen LogP contribution in [0.25, 0.3) is 11.4 Å². The fraction of sp³-hybridized carbons (Fsp3) is 0.353. The number of halogens is 1. The Bertz CT molecular complexity index is 671. The molecule has 1 aromatic carbocycles. The van der Waals surface area contributed by atoms with E-state index in [4.69, 9.17) is 4.74 Å². The van der Waals surface area contributed by atoms with Crippen molar-refractivity contribution in [1.29, 1.82) is 0 Å². The summed E-state index contributed by atoms with van der Waals surface area (Å²) < 4.78 is 18.4. The van der Waals surface area contributed by atoms with Gasteiger partial charge in [-0.25, -0.2) is 19.2 Å². The second-order valence-electron chi connectivity index (χ2n) is 5.38. The van der Waals surface area contributed by atoms with Crippen molar-refractivity contribution in [1.82, 2.24) is 9.97 Å². The number of carbonyl (C=O) groups excluding carboxylic acids is 1. The number of hydrogen-bond acceptors (Lipinski definition) is 4. The van der Waals surface area contributed by atoms with Crippen molar-refractivity contribution in [2.75, 3.05) is 6.61 Å². The summed E-state index contributed by atoms with van der Waals surface area (Å²) in [4.78, 5) is 20.6. The van der Waals surface area contributed by atoms with Crippen molar-refractivity contribution in [2.24, 2.45) is 5.92 Å². The average molecular weight is 302 g/mol. The van der Waals surface area contributed by atoms with Gasteiger partial charge in [0.1, 0.15) is 5.82 Å². The van der Waals surface area contributed by atoms with E-state index in [0.29, 0.717) is 41.6 Å². The standard InChI is InChI=1S/C17H19FN2O2/c1-4-22-17(21)14-10-19-16(20-15(14)8-11(2)3)12-6-5-7-13(18)9-12/h5-7,9-11H,4,8H2,1-3H3. The zero-order valence-electron chi connectivity index (χ0n) is 13.0. The number of rotatable bonds is 5. The Hall–Kier alpha value is -2.30. The van der Waals surface area contributed by atoms with Crippen LogP contribution in [-0.2, 0) is 11.2 Å². The van der Waals surface area contributed by atoms with E-state index in [1.54, 1.807) is 19.1 Å². The van der Waals surface area contributed by atoms with E-state index in [2.05, 4.69) is 9.97 Å². The smallest absolute Gasteiger partial charge is 0.341 e. The third-order valence-corrected chi connectivity index (χ3v) is 3.05. The van der Waals surface area contributed by atoms with Crippen LogP contribution in [0.4, 0.5) is 4.39 Å². The Morgan fingerprint density at radius 2 is 2.14 bits per heavy atom. The fourth-order valence-electron chi connectivity index (χ4n) is 2.11. The molecule has 0 spiro atoms. The highest BCUT2D eigenvalue weighted by atomic mass is 19.1. The molecule has 0 saturated carbocycles. The van der Waals surface area contributed by atoms with Crippen molar-refractivity contribution in [3.63, 3.8) is 0 Å². The Morgan fingerprint density at radius 3 is 2.77 bits per heavy atom. The molecule has 0 atom stereocenters. The van der Waals surface area contributed by atoms with Crippen LogP contribution in [0.15, 0.2) is 30.5 Å². The minimum Gasteiger partial charge on any atom is -0.462 e. The van der Waals surface area contributed by atoms with Gasteiger partial charge >= 0.3 is 5.97 Å². The highest BCUT2D eigenvalue weighted by Gasteiger charge is 2.17. The molecule has 0 fully saturated rings. The summed E-state index contributed by atoms with van der Waals surface area (Å²) in [6.45, 7) is 6.13. The lowest BCUT2D eigenvalue weighted by Gasteiger charge is -2.11. The molecular weight excluding hydrogens is 283 g/mol. The first-order chi connectivity index (χ1) is 10.5. The first-order valence-electron chi connectivity index (χ1n) is 7.30. The van der Waals surface area contributed by atoms with Crippen LogP contribution in [0, 0.1) is 11.7 Å². The van der Waals surface area contributed by atoms with Crippen molar-refractivity contribution >= 4 is 5.97 Å². The van der Waals surface area contributed by atoms with Crippen LogP contribution >= 0.6 is 0 Å². The number of aromatic nitrogens is 2. The Morgan fingerprint density at radius 1 is 1.36 bits per heavy atom. The summed E-state index contributed by atoms with van der Waals surface area (Å²) in [6, 6.07) is 6.08. The maximum atomic E-state index is 13.3. The number of nitrogens with zero attached hydrogens (tertiary/aromatic N) is 2. The minimum absolute atomic E-state index is 0.297. The van der Waals surface area contributed by atoms with Crippen LogP contribution in [0.3, 0.4) is 0 Å². The van der Waals surface area contributed by atoms with Crippen LogP contribution in [0.5, 0.6) is 0 Å². The Balaban J connectivity index is 2.44. The van der Waals surface area contributed by atoms with E-state index in [9.17, 15) is 9.18 Å². The molecule has 0 saturated heterocycles. The van der Waals surface area contributed by atoms with Gasteiger partial charge in [-0.1, -0.05) is 26.0 Å². The van der Waals surface area contributed by atoms with Crippen molar-refractivity contribution in [3.8, 4) is 11.4 Å². The molecule has 4 nitrogen and oxygen atoms in total. The minimum atomic E-state index is -0.427. The summed E-state index contributed by atoms with van der Waals surface area (Å²) in [6.07, 6.45) is 2.09. The second-order valence-corrected chi connectivity index (χ2v) is 5.38. The zero-order valence-corrected chi connectivity index (χ0v) is 13.0. The summed E-state index contributed by atoms with van der Waals surface area (Å²) >= 11 is 0. The lowest BCUT2D eigenvalue weighted by Crippen LogP contribution is -2.13. The fourth-order valence-corrected chi connectivity index (χ4v) is 2.11. The van der Waals surface area contributed by atoms with E-state index in [1.165, 1.54) is 18.3 Å². The van der Waals surface area contributed by atoms with Crippen molar-refractivity contribution < 1.29 is 13.9 Å². The van der Waals surface area contributed by atoms with E-state index < -0.39 is 5.97 Å². The van der Waals surface area contributed by atoms with Crippen molar-refractivity contribution in [2.45, 2.75) is 27.2 Å². The third kappa shape index (κ3) is 3.87. The van der Waals surface area contributed by atoms with Gasteiger partial charge in [0, 0.05) is 11.8 Å². The molecule has 0 bridgehead atoms.